The Morgan fingerprint density at radius 2 is 1.95 bits per heavy atom. The third kappa shape index (κ3) is 3.54. The number of methoxy groups -OCH3 is 1. The highest BCUT2D eigenvalue weighted by atomic mass is 79.9. The lowest BCUT2D eigenvalue weighted by Gasteiger charge is -2.09. The van der Waals surface area contributed by atoms with Gasteiger partial charge in [0.2, 0.25) is 0 Å². The SMILES string of the molecule is COc1ccc(CS(=O)(=O)c2cc(Br)ccc2N)cc1F. The number of rotatable bonds is 4. The first-order chi connectivity index (χ1) is 9.83. The minimum Gasteiger partial charge on any atom is -0.494 e. The monoisotopic (exact) mass is 373 g/mol. The molecule has 0 saturated heterocycles. The van der Waals surface area contributed by atoms with E-state index in [4.69, 9.17) is 10.5 Å². The van der Waals surface area contributed by atoms with Crippen molar-refractivity contribution < 1.29 is 17.5 Å². The maximum absolute atomic E-state index is 13.6. The maximum atomic E-state index is 13.6. The number of hydrogen-bond donors (Lipinski definition) is 1. The normalized spacial score (nSPS) is 11.4. The number of ether oxygens (including phenoxy) is 1. The number of hydrogen-bond acceptors (Lipinski definition) is 4. The Labute approximate surface area is 130 Å². The van der Waals surface area contributed by atoms with Crippen LogP contribution in [0.3, 0.4) is 0 Å². The first-order valence-corrected chi connectivity index (χ1v) is 8.38. The van der Waals surface area contributed by atoms with Crippen LogP contribution in [-0.4, -0.2) is 15.5 Å². The summed E-state index contributed by atoms with van der Waals surface area (Å²) >= 11 is 3.21. The lowest BCUT2D eigenvalue weighted by Crippen LogP contribution is -2.08. The van der Waals surface area contributed by atoms with Crippen molar-refractivity contribution in [3.05, 3.63) is 52.3 Å². The largest absolute Gasteiger partial charge is 0.494 e. The Morgan fingerprint density at radius 1 is 1.24 bits per heavy atom. The molecule has 0 aromatic heterocycles. The zero-order valence-corrected chi connectivity index (χ0v) is 13.5. The molecular formula is C14H13BrFNO3S. The van der Waals surface area contributed by atoms with Crippen LogP contribution in [0.5, 0.6) is 5.75 Å². The topological polar surface area (TPSA) is 69.4 Å². The molecule has 112 valence electrons. The molecule has 0 aliphatic rings. The van der Waals surface area contributed by atoms with Gasteiger partial charge in [0.15, 0.2) is 21.4 Å². The highest BCUT2D eigenvalue weighted by Crippen LogP contribution is 2.27. The number of nitrogen functional groups attached to an aromatic ring is 1. The number of sulfone groups is 1. The van der Waals surface area contributed by atoms with E-state index in [-0.39, 0.29) is 22.1 Å². The van der Waals surface area contributed by atoms with Crippen LogP contribution in [-0.2, 0) is 15.6 Å². The summed E-state index contributed by atoms with van der Waals surface area (Å²) in [5.41, 5.74) is 6.20. The average molecular weight is 374 g/mol. The molecule has 0 aliphatic heterocycles. The lowest BCUT2D eigenvalue weighted by molar-refractivity contribution is 0.386. The number of halogens is 2. The second-order valence-corrected chi connectivity index (χ2v) is 7.28. The molecule has 0 aliphatic carbocycles. The van der Waals surface area contributed by atoms with E-state index in [1.54, 1.807) is 6.07 Å². The summed E-state index contributed by atoms with van der Waals surface area (Å²) in [4.78, 5) is 0.0214. The van der Waals surface area contributed by atoms with Crippen LogP contribution < -0.4 is 10.5 Å². The van der Waals surface area contributed by atoms with Gasteiger partial charge < -0.3 is 10.5 Å². The highest BCUT2D eigenvalue weighted by molar-refractivity contribution is 9.10. The summed E-state index contributed by atoms with van der Waals surface area (Å²) in [6.07, 6.45) is 0. The molecular weight excluding hydrogens is 361 g/mol. The molecule has 0 saturated carbocycles. The summed E-state index contributed by atoms with van der Waals surface area (Å²) in [6.45, 7) is 0. The van der Waals surface area contributed by atoms with Gasteiger partial charge in [0, 0.05) is 4.47 Å². The van der Waals surface area contributed by atoms with Gasteiger partial charge in [-0.1, -0.05) is 22.0 Å². The van der Waals surface area contributed by atoms with Crippen molar-refractivity contribution in [2.45, 2.75) is 10.6 Å². The fraction of sp³-hybridized carbons (Fsp3) is 0.143. The molecule has 0 unspecified atom stereocenters. The van der Waals surface area contributed by atoms with Crippen molar-refractivity contribution in [1.82, 2.24) is 0 Å². The average Bonchev–Trinajstić information content (AvgIpc) is 2.41. The van der Waals surface area contributed by atoms with Crippen LogP contribution in [0.4, 0.5) is 10.1 Å². The second kappa shape index (κ2) is 6.03. The van der Waals surface area contributed by atoms with Crippen LogP contribution in [0.15, 0.2) is 45.8 Å². The van der Waals surface area contributed by atoms with E-state index in [0.717, 1.165) is 6.07 Å². The molecule has 0 spiro atoms. The van der Waals surface area contributed by atoms with Crippen molar-refractivity contribution >= 4 is 31.5 Å². The van der Waals surface area contributed by atoms with Gasteiger partial charge in [-0.2, -0.15) is 0 Å². The summed E-state index contributed by atoms with van der Waals surface area (Å²) in [6, 6.07) is 8.64. The fourth-order valence-corrected chi connectivity index (χ4v) is 3.89. The first-order valence-electron chi connectivity index (χ1n) is 5.93. The number of benzene rings is 2. The molecule has 7 heteroatoms. The Bertz CT molecular complexity index is 778. The highest BCUT2D eigenvalue weighted by Gasteiger charge is 2.19. The lowest BCUT2D eigenvalue weighted by atomic mass is 10.2. The van der Waals surface area contributed by atoms with E-state index in [1.807, 2.05) is 0 Å². The molecule has 0 fully saturated rings. The van der Waals surface area contributed by atoms with E-state index in [2.05, 4.69) is 15.9 Å². The van der Waals surface area contributed by atoms with Gasteiger partial charge in [0.1, 0.15) is 0 Å². The van der Waals surface area contributed by atoms with Crippen LogP contribution in [0.1, 0.15) is 5.56 Å². The molecule has 2 aromatic carbocycles. The Hall–Kier alpha value is -1.60. The van der Waals surface area contributed by atoms with Gasteiger partial charge in [-0.05, 0) is 35.9 Å². The van der Waals surface area contributed by atoms with Crippen molar-refractivity contribution in [2.75, 3.05) is 12.8 Å². The van der Waals surface area contributed by atoms with Crippen LogP contribution >= 0.6 is 15.9 Å². The minimum atomic E-state index is -3.67. The molecule has 2 N–H and O–H groups in total. The number of anilines is 1. The molecule has 4 nitrogen and oxygen atoms in total. The Morgan fingerprint density at radius 3 is 2.57 bits per heavy atom. The van der Waals surface area contributed by atoms with Gasteiger partial charge in [0.05, 0.1) is 23.4 Å². The van der Waals surface area contributed by atoms with Crippen molar-refractivity contribution in [3.8, 4) is 5.75 Å². The summed E-state index contributed by atoms with van der Waals surface area (Å²) in [7, 11) is -2.32. The molecule has 0 atom stereocenters. The first kappa shape index (κ1) is 15.8. The predicted molar refractivity (Wildman–Crippen MR) is 82.4 cm³/mol. The van der Waals surface area contributed by atoms with Gasteiger partial charge in [-0.25, -0.2) is 12.8 Å². The van der Waals surface area contributed by atoms with Crippen molar-refractivity contribution in [1.29, 1.82) is 0 Å². The zero-order chi connectivity index (χ0) is 15.6. The van der Waals surface area contributed by atoms with Gasteiger partial charge >= 0.3 is 0 Å². The van der Waals surface area contributed by atoms with Crippen LogP contribution in [0, 0.1) is 5.82 Å². The standard InChI is InChI=1S/C14H13BrFNO3S/c1-20-13-5-2-9(6-11(13)16)8-21(18,19)14-7-10(15)3-4-12(14)17/h2-7H,8,17H2,1H3. The quantitative estimate of drug-likeness (QED) is 0.835. The molecule has 0 bridgehead atoms. The van der Waals surface area contributed by atoms with Crippen LogP contribution in [0.2, 0.25) is 0 Å². The molecule has 2 rings (SSSR count). The third-order valence-corrected chi connectivity index (χ3v) is 5.11. The molecule has 0 heterocycles. The smallest absolute Gasteiger partial charge is 0.184 e. The van der Waals surface area contributed by atoms with Gasteiger partial charge in [-0.3, -0.25) is 0 Å². The number of nitrogens with two attached hydrogens (primary N) is 1. The third-order valence-electron chi connectivity index (χ3n) is 2.88. The summed E-state index contributed by atoms with van der Waals surface area (Å²) < 4.78 is 43.8. The summed E-state index contributed by atoms with van der Waals surface area (Å²) in [5, 5.41) is 0. The zero-order valence-electron chi connectivity index (χ0n) is 11.1. The molecule has 21 heavy (non-hydrogen) atoms. The Balaban J connectivity index is 2.37. The Kier molecular flexibility index (Phi) is 4.53. The fourth-order valence-electron chi connectivity index (χ4n) is 1.87. The van der Waals surface area contributed by atoms with Crippen LogP contribution in [0.25, 0.3) is 0 Å². The van der Waals surface area contributed by atoms with E-state index < -0.39 is 15.7 Å². The molecule has 0 amide bonds. The van der Waals surface area contributed by atoms with Gasteiger partial charge in [0.25, 0.3) is 0 Å². The van der Waals surface area contributed by atoms with E-state index in [0.29, 0.717) is 10.0 Å². The second-order valence-electron chi connectivity index (χ2n) is 4.41. The predicted octanol–water partition coefficient (Wildman–Crippen LogP) is 3.15. The molecule has 2 aromatic rings. The van der Waals surface area contributed by atoms with Crippen molar-refractivity contribution in [3.63, 3.8) is 0 Å². The van der Waals surface area contributed by atoms with Gasteiger partial charge in [-0.15, -0.1) is 0 Å². The van der Waals surface area contributed by atoms with E-state index >= 15 is 0 Å². The minimum absolute atomic E-state index is 0.0214. The van der Waals surface area contributed by atoms with Crippen molar-refractivity contribution in [2.24, 2.45) is 0 Å². The summed E-state index contributed by atoms with van der Waals surface area (Å²) in [5.74, 6) is -0.875. The molecule has 0 radical (unpaired) electrons. The van der Waals surface area contributed by atoms with E-state index in [1.165, 1.54) is 31.4 Å². The van der Waals surface area contributed by atoms with E-state index in [9.17, 15) is 12.8 Å². The maximum Gasteiger partial charge on any atom is 0.184 e.